The highest BCUT2D eigenvalue weighted by Gasteiger charge is 2.45. The van der Waals surface area contributed by atoms with Crippen molar-refractivity contribution < 1.29 is 14.3 Å². The predicted octanol–water partition coefficient (Wildman–Crippen LogP) is 4.27. The second-order valence-corrected chi connectivity index (χ2v) is 12.8. The first-order valence-corrected chi connectivity index (χ1v) is 16.8. The quantitative estimate of drug-likeness (QED) is 0.226. The molecule has 12 nitrogen and oxygen atoms in total. The number of likely N-dealkylation sites (tertiary alicyclic amines) is 1. The molecule has 2 saturated heterocycles. The summed E-state index contributed by atoms with van der Waals surface area (Å²) in [5, 5.41) is 11.7. The number of carbonyl (C=O) groups is 2. The summed E-state index contributed by atoms with van der Waals surface area (Å²) in [7, 11) is 1.62. The Morgan fingerprint density at radius 2 is 1.71 bits per heavy atom. The van der Waals surface area contributed by atoms with Gasteiger partial charge in [0.15, 0.2) is 5.82 Å². The number of hydrogen-bond acceptors (Lipinski definition) is 9. The number of ether oxygens (including phenoxy) is 1. The van der Waals surface area contributed by atoms with E-state index >= 15 is 0 Å². The lowest BCUT2D eigenvalue weighted by Crippen LogP contribution is -2.51. The number of pyridine rings is 1. The molecule has 2 amide bonds. The number of fused-ring (bicyclic) bond motifs is 1. The van der Waals surface area contributed by atoms with Crippen molar-refractivity contribution in [2.45, 2.75) is 19.8 Å². The van der Waals surface area contributed by atoms with Gasteiger partial charge in [-0.2, -0.15) is 5.10 Å². The molecule has 1 atom stereocenters. The molecule has 5 heterocycles. The second kappa shape index (κ2) is 14.1. The molecule has 2 aromatic carbocycles. The van der Waals surface area contributed by atoms with Gasteiger partial charge in [0.1, 0.15) is 5.69 Å². The van der Waals surface area contributed by atoms with Gasteiger partial charge < -0.3 is 19.9 Å². The highest BCUT2D eigenvalue weighted by Crippen LogP contribution is 2.34. The summed E-state index contributed by atoms with van der Waals surface area (Å²) in [6, 6.07) is 19.8. The fraction of sp³-hybridized carbons (Fsp3) is 0.351. The standard InChI is InChI=1S/C37H41N9O3/c1-3-28-21-27(11-15-38-28)34-31-22-29(7-10-32(31)42-43-34)41-36(48)37(25-49-2)12-16-44(24-37)23-33(47)46-19-17-45(18-20-46)30-8-5-26(6-9-30)35-39-13-4-14-40-35/h4-11,13-15,21-22H,3,12,16-20,23-25H2,1-2H3,(H,41,48)(H,42,43). The summed E-state index contributed by atoms with van der Waals surface area (Å²) in [6.45, 7) is 6.53. The maximum atomic E-state index is 13.9. The number of aromatic nitrogens is 5. The molecule has 2 aliphatic rings. The summed E-state index contributed by atoms with van der Waals surface area (Å²) in [4.78, 5) is 46.7. The molecule has 7 rings (SSSR count). The summed E-state index contributed by atoms with van der Waals surface area (Å²) in [5.41, 5.74) is 5.69. The number of carbonyl (C=O) groups excluding carboxylic acids is 2. The number of rotatable bonds is 10. The molecule has 2 aliphatic heterocycles. The van der Waals surface area contributed by atoms with Crippen LogP contribution in [-0.4, -0.2) is 106 Å². The van der Waals surface area contributed by atoms with Crippen LogP contribution in [0.4, 0.5) is 11.4 Å². The summed E-state index contributed by atoms with van der Waals surface area (Å²) in [5.74, 6) is 0.685. The minimum absolute atomic E-state index is 0.0881. The molecule has 49 heavy (non-hydrogen) atoms. The largest absolute Gasteiger partial charge is 0.384 e. The molecule has 2 N–H and O–H groups in total. The van der Waals surface area contributed by atoms with Gasteiger partial charge in [0, 0.05) is 92.0 Å². The van der Waals surface area contributed by atoms with E-state index in [-0.39, 0.29) is 25.0 Å². The topological polar surface area (TPSA) is 132 Å². The predicted molar refractivity (Wildman–Crippen MR) is 189 cm³/mol. The Morgan fingerprint density at radius 1 is 0.918 bits per heavy atom. The monoisotopic (exact) mass is 659 g/mol. The fourth-order valence-electron chi connectivity index (χ4n) is 6.91. The van der Waals surface area contributed by atoms with Gasteiger partial charge in [0.05, 0.1) is 24.1 Å². The molecule has 0 spiro atoms. The number of methoxy groups -OCH3 is 1. The van der Waals surface area contributed by atoms with Gasteiger partial charge in [-0.05, 0) is 80.1 Å². The SMILES string of the molecule is CCc1cc(-c2n[nH]c3ccc(NC(=O)C4(COC)CCN(CC(=O)N5CCN(c6ccc(-c7ncccn7)cc6)CC5)C4)cc23)ccn1. The van der Waals surface area contributed by atoms with E-state index in [9.17, 15) is 9.59 Å². The zero-order valence-electron chi connectivity index (χ0n) is 27.9. The fourth-order valence-corrected chi connectivity index (χ4v) is 6.91. The first kappa shape index (κ1) is 32.4. The van der Waals surface area contributed by atoms with Gasteiger partial charge in [0.25, 0.3) is 0 Å². The number of amides is 2. The van der Waals surface area contributed by atoms with E-state index in [2.05, 4.69) is 59.3 Å². The Morgan fingerprint density at radius 3 is 2.47 bits per heavy atom. The van der Waals surface area contributed by atoms with Crippen LogP contribution in [0.25, 0.3) is 33.5 Å². The van der Waals surface area contributed by atoms with Gasteiger partial charge in [-0.25, -0.2) is 9.97 Å². The Balaban J connectivity index is 0.957. The lowest BCUT2D eigenvalue weighted by molar-refractivity contribution is -0.133. The number of nitrogens with zero attached hydrogens (tertiary/aromatic N) is 7. The molecule has 2 fully saturated rings. The number of H-pyrrole nitrogens is 1. The van der Waals surface area contributed by atoms with Crippen molar-refractivity contribution in [1.29, 1.82) is 0 Å². The molecular formula is C37H41N9O3. The van der Waals surface area contributed by atoms with Crippen molar-refractivity contribution in [1.82, 2.24) is 34.9 Å². The maximum absolute atomic E-state index is 13.9. The van der Waals surface area contributed by atoms with Gasteiger partial charge in [-0.15, -0.1) is 0 Å². The molecule has 1 unspecified atom stereocenters. The number of hydrogen-bond donors (Lipinski definition) is 2. The van der Waals surface area contributed by atoms with Crippen LogP contribution in [0, 0.1) is 5.41 Å². The Bertz CT molecular complexity index is 1920. The lowest BCUT2D eigenvalue weighted by Gasteiger charge is -2.37. The number of benzene rings is 2. The Hall–Kier alpha value is -5.20. The van der Waals surface area contributed by atoms with E-state index in [1.54, 1.807) is 31.8 Å². The average molecular weight is 660 g/mol. The molecule has 0 radical (unpaired) electrons. The number of nitrogens with one attached hydrogen (secondary N) is 2. The molecule has 252 valence electrons. The smallest absolute Gasteiger partial charge is 0.236 e. The van der Waals surface area contributed by atoms with Crippen molar-refractivity contribution >= 4 is 34.1 Å². The van der Waals surface area contributed by atoms with E-state index in [0.717, 1.165) is 58.6 Å². The van der Waals surface area contributed by atoms with Crippen molar-refractivity contribution in [2.75, 3.05) is 69.7 Å². The third-order valence-electron chi connectivity index (χ3n) is 9.66. The van der Waals surface area contributed by atoms with Crippen molar-refractivity contribution in [3.8, 4) is 22.6 Å². The van der Waals surface area contributed by atoms with Crippen LogP contribution in [0.15, 0.2) is 79.3 Å². The summed E-state index contributed by atoms with van der Waals surface area (Å²) < 4.78 is 5.58. The van der Waals surface area contributed by atoms with Crippen LogP contribution in [0.2, 0.25) is 0 Å². The van der Waals surface area contributed by atoms with Crippen molar-refractivity contribution in [3.63, 3.8) is 0 Å². The molecule has 0 bridgehead atoms. The van der Waals surface area contributed by atoms with Crippen LogP contribution in [0.3, 0.4) is 0 Å². The molecule has 0 saturated carbocycles. The number of piperazine rings is 1. The zero-order valence-corrected chi connectivity index (χ0v) is 27.9. The lowest BCUT2D eigenvalue weighted by atomic mass is 9.87. The van der Waals surface area contributed by atoms with Crippen LogP contribution in [0.5, 0.6) is 0 Å². The van der Waals surface area contributed by atoms with Crippen LogP contribution in [0.1, 0.15) is 19.0 Å². The van der Waals surface area contributed by atoms with E-state index in [1.165, 1.54) is 0 Å². The van der Waals surface area contributed by atoms with E-state index < -0.39 is 5.41 Å². The molecule has 12 heteroatoms. The third kappa shape index (κ3) is 6.87. The Labute approximate surface area is 285 Å². The molecule has 5 aromatic rings. The molecule has 0 aliphatic carbocycles. The third-order valence-corrected chi connectivity index (χ3v) is 9.66. The van der Waals surface area contributed by atoms with Gasteiger partial charge in [-0.3, -0.25) is 24.6 Å². The number of aryl methyl sites for hydroxylation is 1. The van der Waals surface area contributed by atoms with Crippen LogP contribution >= 0.6 is 0 Å². The van der Waals surface area contributed by atoms with Gasteiger partial charge in [0.2, 0.25) is 11.8 Å². The van der Waals surface area contributed by atoms with Gasteiger partial charge in [-0.1, -0.05) is 6.92 Å². The molecule has 3 aromatic heterocycles. The molecular weight excluding hydrogens is 618 g/mol. The van der Waals surface area contributed by atoms with E-state index in [1.807, 2.05) is 47.4 Å². The summed E-state index contributed by atoms with van der Waals surface area (Å²) in [6.07, 6.45) is 6.72. The number of anilines is 2. The van der Waals surface area contributed by atoms with Gasteiger partial charge >= 0.3 is 0 Å². The first-order chi connectivity index (χ1) is 23.9. The normalized spacial score (nSPS) is 18.2. The van der Waals surface area contributed by atoms with Crippen LogP contribution < -0.4 is 10.2 Å². The highest BCUT2D eigenvalue weighted by atomic mass is 16.5. The second-order valence-electron chi connectivity index (χ2n) is 12.8. The maximum Gasteiger partial charge on any atom is 0.236 e. The number of aromatic amines is 1. The highest BCUT2D eigenvalue weighted by molar-refractivity contribution is 6.00. The minimum atomic E-state index is -0.764. The zero-order chi connectivity index (χ0) is 33.8. The van der Waals surface area contributed by atoms with Crippen LogP contribution in [-0.2, 0) is 20.7 Å². The Kier molecular flexibility index (Phi) is 9.32. The van der Waals surface area contributed by atoms with Crippen molar-refractivity contribution in [3.05, 3.63) is 84.9 Å². The average Bonchev–Trinajstić information content (AvgIpc) is 3.77. The van der Waals surface area contributed by atoms with E-state index in [4.69, 9.17) is 4.74 Å². The minimum Gasteiger partial charge on any atom is -0.384 e. The van der Waals surface area contributed by atoms with Crippen molar-refractivity contribution in [2.24, 2.45) is 5.41 Å². The summed E-state index contributed by atoms with van der Waals surface area (Å²) >= 11 is 0. The first-order valence-electron chi connectivity index (χ1n) is 16.8. The van der Waals surface area contributed by atoms with E-state index in [0.29, 0.717) is 44.1 Å².